The summed E-state index contributed by atoms with van der Waals surface area (Å²) in [7, 11) is 0. The number of hydrogen-bond donors (Lipinski definition) is 4. The Morgan fingerprint density at radius 2 is 2.04 bits per heavy atom. The first kappa shape index (κ1) is 21.5. The molecule has 1 saturated heterocycles. The molecular formula is C21H37N5O2. The van der Waals surface area contributed by atoms with Gasteiger partial charge in [0.25, 0.3) is 0 Å². The molecule has 5 atom stereocenters. The van der Waals surface area contributed by atoms with Gasteiger partial charge in [-0.2, -0.15) is 5.26 Å². The van der Waals surface area contributed by atoms with Crippen molar-refractivity contribution in [1.29, 1.82) is 5.26 Å². The van der Waals surface area contributed by atoms with Crippen LogP contribution in [0.5, 0.6) is 0 Å². The molecule has 0 radical (unpaired) electrons. The lowest BCUT2D eigenvalue weighted by molar-refractivity contribution is -0.123. The molecule has 1 heterocycles. The molecule has 1 aliphatic heterocycles. The highest BCUT2D eigenvalue weighted by molar-refractivity contribution is 5.81. The normalized spacial score (nSPS) is 31.8. The first-order valence-corrected chi connectivity index (χ1v) is 11.2. The largest absolute Gasteiger partial charge is 0.393 e. The van der Waals surface area contributed by atoms with Crippen LogP contribution in [0.4, 0.5) is 0 Å². The fourth-order valence-electron chi connectivity index (χ4n) is 5.14. The van der Waals surface area contributed by atoms with Gasteiger partial charge in [-0.05, 0) is 50.4 Å². The molecule has 0 spiro atoms. The molecule has 5 unspecified atom stereocenters. The number of nitrogens with two attached hydrogens (primary N) is 1. The molecule has 3 aliphatic rings. The Morgan fingerprint density at radius 1 is 1.25 bits per heavy atom. The maximum Gasteiger partial charge on any atom is 0.237 e. The predicted molar refractivity (Wildman–Crippen MR) is 108 cm³/mol. The Bertz CT molecular complexity index is 545. The number of carbonyl (C=O) groups is 1. The Morgan fingerprint density at radius 3 is 2.79 bits per heavy atom. The van der Waals surface area contributed by atoms with E-state index in [0.717, 1.165) is 45.2 Å². The summed E-state index contributed by atoms with van der Waals surface area (Å²) in [5, 5.41) is 24.8. The lowest BCUT2D eigenvalue weighted by Gasteiger charge is -2.29. The van der Waals surface area contributed by atoms with Crippen molar-refractivity contribution < 1.29 is 9.90 Å². The van der Waals surface area contributed by atoms with Crippen LogP contribution >= 0.6 is 0 Å². The molecule has 0 aromatic heterocycles. The SMILES string of the molecule is N#CC1CCCC(CN2CC(NC(=O)C(N)CC(O)C3CCCCC3)CN2)C1. The predicted octanol–water partition coefficient (Wildman–Crippen LogP) is 1.28. The summed E-state index contributed by atoms with van der Waals surface area (Å²) in [4.78, 5) is 12.5. The second-order valence-corrected chi connectivity index (χ2v) is 9.14. The Kier molecular flexibility index (Phi) is 8.10. The van der Waals surface area contributed by atoms with Gasteiger partial charge in [0, 0.05) is 25.6 Å². The zero-order chi connectivity index (χ0) is 19.9. The van der Waals surface area contributed by atoms with Gasteiger partial charge in [0.15, 0.2) is 0 Å². The molecule has 1 amide bonds. The number of hydrogen-bond acceptors (Lipinski definition) is 6. The number of carbonyl (C=O) groups excluding carboxylic acids is 1. The molecule has 3 rings (SSSR count). The zero-order valence-corrected chi connectivity index (χ0v) is 17.0. The van der Waals surface area contributed by atoms with Gasteiger partial charge in [0.1, 0.15) is 0 Å². The molecule has 28 heavy (non-hydrogen) atoms. The third kappa shape index (κ3) is 6.15. The minimum Gasteiger partial charge on any atom is -0.393 e. The first-order chi connectivity index (χ1) is 13.5. The highest BCUT2D eigenvalue weighted by Gasteiger charge is 2.31. The zero-order valence-electron chi connectivity index (χ0n) is 17.0. The van der Waals surface area contributed by atoms with Gasteiger partial charge < -0.3 is 16.2 Å². The summed E-state index contributed by atoms with van der Waals surface area (Å²) < 4.78 is 0. The summed E-state index contributed by atoms with van der Waals surface area (Å²) in [6.45, 7) is 2.40. The van der Waals surface area contributed by atoms with Crippen molar-refractivity contribution in [3.63, 3.8) is 0 Å². The van der Waals surface area contributed by atoms with Crippen LogP contribution in [0.1, 0.15) is 64.2 Å². The number of hydrazine groups is 1. The number of aliphatic hydroxyl groups is 1. The van der Waals surface area contributed by atoms with E-state index in [2.05, 4.69) is 21.8 Å². The Labute approximate surface area is 169 Å². The summed E-state index contributed by atoms with van der Waals surface area (Å²) >= 11 is 0. The smallest absolute Gasteiger partial charge is 0.237 e. The van der Waals surface area contributed by atoms with E-state index in [1.807, 2.05) is 0 Å². The average Bonchev–Trinajstić information content (AvgIpc) is 3.15. The third-order valence-corrected chi connectivity index (χ3v) is 6.82. The maximum atomic E-state index is 12.5. The van der Waals surface area contributed by atoms with Gasteiger partial charge >= 0.3 is 0 Å². The van der Waals surface area contributed by atoms with Gasteiger partial charge in [-0.25, -0.2) is 5.01 Å². The quantitative estimate of drug-likeness (QED) is 0.520. The summed E-state index contributed by atoms with van der Waals surface area (Å²) in [5.41, 5.74) is 9.45. The van der Waals surface area contributed by atoms with E-state index in [1.165, 1.54) is 25.7 Å². The molecule has 0 aromatic rings. The van der Waals surface area contributed by atoms with Gasteiger partial charge in [-0.15, -0.1) is 0 Å². The first-order valence-electron chi connectivity index (χ1n) is 11.2. The van der Waals surface area contributed by atoms with E-state index >= 15 is 0 Å². The van der Waals surface area contributed by atoms with Crippen molar-refractivity contribution >= 4 is 5.91 Å². The molecule has 158 valence electrons. The molecule has 5 N–H and O–H groups in total. The second-order valence-electron chi connectivity index (χ2n) is 9.14. The Balaban J connectivity index is 1.37. The number of aliphatic hydroxyl groups excluding tert-OH is 1. The van der Waals surface area contributed by atoms with Crippen molar-refractivity contribution in [3.05, 3.63) is 0 Å². The fourth-order valence-corrected chi connectivity index (χ4v) is 5.14. The van der Waals surface area contributed by atoms with Crippen LogP contribution in [0.15, 0.2) is 0 Å². The van der Waals surface area contributed by atoms with Crippen molar-refractivity contribution in [2.24, 2.45) is 23.5 Å². The minimum absolute atomic E-state index is 0.0423. The van der Waals surface area contributed by atoms with E-state index in [1.54, 1.807) is 0 Å². The van der Waals surface area contributed by atoms with Crippen LogP contribution in [-0.4, -0.2) is 53.8 Å². The molecule has 7 heteroatoms. The Hall–Kier alpha value is -1.20. The lowest BCUT2D eigenvalue weighted by atomic mass is 9.82. The van der Waals surface area contributed by atoms with E-state index in [0.29, 0.717) is 24.8 Å². The third-order valence-electron chi connectivity index (χ3n) is 6.82. The van der Waals surface area contributed by atoms with Crippen molar-refractivity contribution in [3.8, 4) is 6.07 Å². The van der Waals surface area contributed by atoms with E-state index in [-0.39, 0.29) is 17.9 Å². The van der Waals surface area contributed by atoms with E-state index in [9.17, 15) is 9.90 Å². The standard InChI is InChI=1S/C21H37N5O2/c22-11-15-5-4-6-16(9-15)13-26-14-18(12-24-26)25-21(28)19(23)10-20(27)17-7-2-1-3-8-17/h15-20,24,27H,1-10,12-14,23H2,(H,25,28). The number of nitrogens with zero attached hydrogens (tertiary/aromatic N) is 2. The highest BCUT2D eigenvalue weighted by Crippen LogP contribution is 2.29. The minimum atomic E-state index is -0.652. The van der Waals surface area contributed by atoms with Crippen LogP contribution < -0.4 is 16.5 Å². The monoisotopic (exact) mass is 391 g/mol. The van der Waals surface area contributed by atoms with Crippen molar-refractivity contribution in [1.82, 2.24) is 15.8 Å². The fraction of sp³-hybridized carbons (Fsp3) is 0.905. The van der Waals surface area contributed by atoms with Crippen molar-refractivity contribution in [2.75, 3.05) is 19.6 Å². The molecule has 0 aromatic carbocycles. The van der Waals surface area contributed by atoms with E-state index < -0.39 is 12.1 Å². The molecule has 2 aliphatic carbocycles. The van der Waals surface area contributed by atoms with Gasteiger partial charge in [-0.1, -0.05) is 25.7 Å². The van der Waals surface area contributed by atoms with Crippen LogP contribution in [0.3, 0.4) is 0 Å². The number of rotatable bonds is 7. The molecule has 7 nitrogen and oxygen atoms in total. The van der Waals surface area contributed by atoms with E-state index in [4.69, 9.17) is 11.0 Å². The van der Waals surface area contributed by atoms with Crippen LogP contribution in [0.25, 0.3) is 0 Å². The lowest BCUT2D eigenvalue weighted by Crippen LogP contribution is -2.49. The molecule has 3 fully saturated rings. The number of nitrogens with one attached hydrogen (secondary N) is 2. The highest BCUT2D eigenvalue weighted by atomic mass is 16.3. The summed E-state index contributed by atoms with van der Waals surface area (Å²) in [6.07, 6.45) is 9.88. The van der Waals surface area contributed by atoms with Gasteiger partial charge in [-0.3, -0.25) is 10.2 Å². The second kappa shape index (κ2) is 10.5. The van der Waals surface area contributed by atoms with Crippen LogP contribution in [0, 0.1) is 29.1 Å². The summed E-state index contributed by atoms with van der Waals surface area (Å²) in [5.74, 6) is 0.883. The number of amides is 1. The average molecular weight is 392 g/mol. The van der Waals surface area contributed by atoms with Crippen LogP contribution in [0.2, 0.25) is 0 Å². The molecular weight excluding hydrogens is 354 g/mol. The van der Waals surface area contributed by atoms with Crippen LogP contribution in [-0.2, 0) is 4.79 Å². The maximum absolute atomic E-state index is 12.5. The molecule has 0 bridgehead atoms. The summed E-state index contributed by atoms with van der Waals surface area (Å²) in [6, 6.07) is 1.81. The topological polar surface area (TPSA) is 114 Å². The number of nitriles is 1. The van der Waals surface area contributed by atoms with Gasteiger partial charge in [0.05, 0.1) is 24.3 Å². The van der Waals surface area contributed by atoms with Gasteiger partial charge in [0.2, 0.25) is 5.91 Å². The molecule has 2 saturated carbocycles. The van der Waals surface area contributed by atoms with Crippen molar-refractivity contribution in [2.45, 2.75) is 82.4 Å².